The second-order valence-electron chi connectivity index (χ2n) is 9.42. The van der Waals surface area contributed by atoms with Crippen LogP contribution in [0.15, 0.2) is 65.0 Å². The predicted octanol–water partition coefficient (Wildman–Crippen LogP) is 4.18. The highest BCUT2D eigenvalue weighted by molar-refractivity contribution is 6.04. The lowest BCUT2D eigenvalue weighted by Gasteiger charge is -2.36. The van der Waals surface area contributed by atoms with Crippen LogP contribution in [0.2, 0.25) is 0 Å². The highest BCUT2D eigenvalue weighted by atomic mass is 16.6. The van der Waals surface area contributed by atoms with Gasteiger partial charge in [-0.05, 0) is 54.7 Å². The summed E-state index contributed by atoms with van der Waals surface area (Å²) in [6, 6.07) is 12.8. The largest absolute Gasteiger partial charge is 0.497 e. The van der Waals surface area contributed by atoms with Gasteiger partial charge in [-0.3, -0.25) is 9.59 Å². The Morgan fingerprint density at radius 3 is 2.28 bits per heavy atom. The van der Waals surface area contributed by atoms with E-state index < -0.39 is 17.9 Å². The maximum atomic E-state index is 13.8. The van der Waals surface area contributed by atoms with Gasteiger partial charge in [0.1, 0.15) is 12.4 Å². The van der Waals surface area contributed by atoms with E-state index in [1.807, 2.05) is 24.3 Å². The van der Waals surface area contributed by atoms with Gasteiger partial charge in [-0.1, -0.05) is 18.2 Å². The van der Waals surface area contributed by atoms with Gasteiger partial charge in [-0.2, -0.15) is 0 Å². The van der Waals surface area contributed by atoms with Gasteiger partial charge in [-0.15, -0.1) is 0 Å². The summed E-state index contributed by atoms with van der Waals surface area (Å²) in [5, 5.41) is 3.34. The molecule has 0 radical (unpaired) electrons. The summed E-state index contributed by atoms with van der Waals surface area (Å²) >= 11 is 0. The number of carbonyl (C=O) groups is 3. The molecule has 1 aliphatic carbocycles. The van der Waals surface area contributed by atoms with E-state index in [1.165, 1.54) is 21.1 Å². The van der Waals surface area contributed by atoms with Crippen LogP contribution in [-0.4, -0.2) is 52.3 Å². The normalized spacial score (nSPS) is 18.7. The lowest BCUT2D eigenvalue weighted by Crippen LogP contribution is -2.36. The summed E-state index contributed by atoms with van der Waals surface area (Å²) < 4.78 is 26.5. The van der Waals surface area contributed by atoms with E-state index in [-0.39, 0.29) is 37.1 Å². The molecule has 9 nitrogen and oxygen atoms in total. The van der Waals surface area contributed by atoms with Crippen LogP contribution < -0.4 is 19.5 Å². The van der Waals surface area contributed by atoms with Gasteiger partial charge in [0, 0.05) is 43.3 Å². The molecule has 1 heterocycles. The van der Waals surface area contributed by atoms with E-state index in [2.05, 4.69) is 5.32 Å². The number of hydrogen-bond acceptors (Lipinski definition) is 9. The second kappa shape index (κ2) is 12.2. The molecule has 1 N–H and O–H groups in total. The van der Waals surface area contributed by atoms with Gasteiger partial charge in [0.15, 0.2) is 17.3 Å². The molecule has 4 rings (SSSR count). The lowest BCUT2D eigenvalue weighted by molar-refractivity contribution is -0.140. The minimum atomic E-state index is -0.694. The summed E-state index contributed by atoms with van der Waals surface area (Å²) in [5.74, 6) is -0.505. The molecule has 206 valence electrons. The van der Waals surface area contributed by atoms with Crippen LogP contribution in [0, 0.1) is 0 Å². The summed E-state index contributed by atoms with van der Waals surface area (Å²) in [4.78, 5) is 38.7. The average Bonchev–Trinajstić information content (AvgIpc) is 2.92. The van der Waals surface area contributed by atoms with Crippen molar-refractivity contribution >= 4 is 17.7 Å². The van der Waals surface area contributed by atoms with Gasteiger partial charge in [0.05, 0.1) is 26.4 Å². The van der Waals surface area contributed by atoms with Crippen molar-refractivity contribution < 1.29 is 38.1 Å². The number of ether oxygens (including phenoxy) is 5. The Morgan fingerprint density at radius 2 is 1.64 bits per heavy atom. The van der Waals surface area contributed by atoms with Crippen molar-refractivity contribution in [3.63, 3.8) is 0 Å². The molecule has 2 atom stereocenters. The molecule has 39 heavy (non-hydrogen) atoms. The summed E-state index contributed by atoms with van der Waals surface area (Å²) in [5.41, 5.74) is 3.91. The lowest BCUT2D eigenvalue weighted by atomic mass is 9.71. The van der Waals surface area contributed by atoms with Crippen LogP contribution in [-0.2, 0) is 23.9 Å². The van der Waals surface area contributed by atoms with E-state index >= 15 is 0 Å². The van der Waals surface area contributed by atoms with Gasteiger partial charge in [0.25, 0.3) is 0 Å². The fourth-order valence-electron chi connectivity index (χ4n) is 5.15. The van der Waals surface area contributed by atoms with Crippen molar-refractivity contribution in [3.05, 3.63) is 76.1 Å². The minimum Gasteiger partial charge on any atom is -0.497 e. The molecule has 0 bridgehead atoms. The number of nitrogens with one attached hydrogen (secondary N) is 1. The van der Waals surface area contributed by atoms with Crippen LogP contribution in [0.4, 0.5) is 0 Å². The molecule has 0 unspecified atom stereocenters. The number of Topliss-reactive ketones (excluding diaryl/α,β-unsaturated/α-hetero) is 1. The number of ketones is 1. The first-order valence-electron chi connectivity index (χ1n) is 12.7. The number of allylic oxidation sites excluding steroid dienone is 3. The van der Waals surface area contributed by atoms with Crippen molar-refractivity contribution in [3.8, 4) is 17.2 Å². The molecule has 0 fully saturated rings. The first kappa shape index (κ1) is 27.9. The quantitative estimate of drug-likeness (QED) is 0.287. The first-order chi connectivity index (χ1) is 18.8. The summed E-state index contributed by atoms with van der Waals surface area (Å²) in [7, 11) is 4.60. The number of hydrogen-bond donors (Lipinski definition) is 1. The van der Waals surface area contributed by atoms with E-state index in [0.29, 0.717) is 34.6 Å². The molecule has 9 heteroatoms. The SMILES string of the molecule is COCCOC(=O)C1=C(C)NC2=C(C(=O)C[C@@H](c3ccc(OC)cc3)C2)[C@H]1c1ccc(OC(C)=O)c(OC)c1. The fraction of sp³-hybridized carbons (Fsp3) is 0.367. The zero-order chi connectivity index (χ0) is 28.1. The number of methoxy groups -OCH3 is 3. The second-order valence-corrected chi connectivity index (χ2v) is 9.42. The third kappa shape index (κ3) is 5.98. The highest BCUT2D eigenvalue weighted by Crippen LogP contribution is 2.47. The fourth-order valence-corrected chi connectivity index (χ4v) is 5.15. The van der Waals surface area contributed by atoms with E-state index in [0.717, 1.165) is 17.0 Å². The minimum absolute atomic E-state index is 0.0285. The molecule has 0 saturated carbocycles. The molecule has 0 saturated heterocycles. The molecule has 0 amide bonds. The highest BCUT2D eigenvalue weighted by Gasteiger charge is 2.41. The Kier molecular flexibility index (Phi) is 8.71. The van der Waals surface area contributed by atoms with Crippen LogP contribution in [0.1, 0.15) is 49.7 Å². The Labute approximate surface area is 227 Å². The number of esters is 2. The summed E-state index contributed by atoms with van der Waals surface area (Å²) in [6.07, 6.45) is 0.882. The summed E-state index contributed by atoms with van der Waals surface area (Å²) in [6.45, 7) is 3.43. The first-order valence-corrected chi connectivity index (χ1v) is 12.7. The molecule has 1 aliphatic heterocycles. The van der Waals surface area contributed by atoms with Crippen molar-refractivity contribution in [2.24, 2.45) is 0 Å². The number of benzene rings is 2. The molecule has 0 spiro atoms. The van der Waals surface area contributed by atoms with Crippen LogP contribution in [0.5, 0.6) is 17.2 Å². The van der Waals surface area contributed by atoms with E-state index in [9.17, 15) is 14.4 Å². The number of carbonyl (C=O) groups excluding carboxylic acids is 3. The smallest absolute Gasteiger partial charge is 0.336 e. The van der Waals surface area contributed by atoms with Crippen LogP contribution in [0.25, 0.3) is 0 Å². The molecule has 2 aromatic rings. The monoisotopic (exact) mass is 535 g/mol. The van der Waals surface area contributed by atoms with Crippen molar-refractivity contribution in [1.82, 2.24) is 5.32 Å². The maximum absolute atomic E-state index is 13.8. The van der Waals surface area contributed by atoms with Gasteiger partial charge < -0.3 is 29.0 Å². The van der Waals surface area contributed by atoms with E-state index in [1.54, 1.807) is 32.2 Å². The third-order valence-corrected chi connectivity index (χ3v) is 6.93. The molecule has 0 aromatic heterocycles. The molecule has 2 aliphatic rings. The van der Waals surface area contributed by atoms with Crippen LogP contribution >= 0.6 is 0 Å². The Balaban J connectivity index is 1.77. The van der Waals surface area contributed by atoms with Crippen molar-refractivity contribution in [2.45, 2.75) is 38.5 Å². The standard InChI is InChI=1S/C30H33NO8/c1-17-27(30(34)38-13-12-35-3)28(20-8-11-25(39-18(2)32)26(16-20)37-5)29-23(31-17)14-21(15-24(29)33)19-6-9-22(36-4)10-7-19/h6-11,16,21,28,31H,12-15H2,1-5H3/t21-,28-/m0/s1. The van der Waals surface area contributed by atoms with Gasteiger partial charge in [0.2, 0.25) is 0 Å². The Bertz CT molecular complexity index is 1320. The Morgan fingerprint density at radius 1 is 0.923 bits per heavy atom. The number of rotatable bonds is 9. The zero-order valence-electron chi connectivity index (χ0n) is 22.8. The molecule has 2 aromatic carbocycles. The number of dihydropyridines is 1. The molecular formula is C30H33NO8. The van der Waals surface area contributed by atoms with Crippen molar-refractivity contribution in [2.75, 3.05) is 34.5 Å². The van der Waals surface area contributed by atoms with E-state index in [4.69, 9.17) is 23.7 Å². The zero-order valence-corrected chi connectivity index (χ0v) is 22.8. The van der Waals surface area contributed by atoms with Crippen molar-refractivity contribution in [1.29, 1.82) is 0 Å². The molecular weight excluding hydrogens is 502 g/mol. The maximum Gasteiger partial charge on any atom is 0.336 e. The topological polar surface area (TPSA) is 109 Å². The third-order valence-electron chi connectivity index (χ3n) is 6.93. The van der Waals surface area contributed by atoms with Crippen LogP contribution in [0.3, 0.4) is 0 Å². The van der Waals surface area contributed by atoms with Gasteiger partial charge >= 0.3 is 11.9 Å². The Hall–Kier alpha value is -4.11. The average molecular weight is 536 g/mol. The predicted molar refractivity (Wildman–Crippen MR) is 143 cm³/mol. The van der Waals surface area contributed by atoms with Gasteiger partial charge in [-0.25, -0.2) is 4.79 Å².